The Hall–Kier alpha value is -4.70. The minimum absolute atomic E-state index is 0.00947. The summed E-state index contributed by atoms with van der Waals surface area (Å²) in [6, 6.07) is 28.2. The topological polar surface area (TPSA) is 96.0 Å². The van der Waals surface area contributed by atoms with Gasteiger partial charge < -0.3 is 15.0 Å². The standard InChI is InChI=1S/C34H36FN3O5S/c1-3-23-36-34(40)32(4-2)37(24-26-15-17-27(35)18-16-26)33(39)25-38(44(41,42)31-13-9-6-10-14-31)28-19-21-30(22-20-28)43-29-11-7-5-8-12-29/h5-22,32H,3-4,23-25H2,1-2H3,(H,36,40)/t32-/m1/s1. The number of rotatable bonds is 14. The summed E-state index contributed by atoms with van der Waals surface area (Å²) in [5.74, 6) is -0.256. The monoisotopic (exact) mass is 617 g/mol. The van der Waals surface area contributed by atoms with Crippen molar-refractivity contribution in [3.8, 4) is 11.5 Å². The summed E-state index contributed by atoms with van der Waals surface area (Å²) in [6.45, 7) is 3.55. The third kappa shape index (κ3) is 8.23. The Morgan fingerprint density at radius 2 is 1.41 bits per heavy atom. The highest BCUT2D eigenvalue weighted by Crippen LogP contribution is 2.28. The van der Waals surface area contributed by atoms with Crippen LogP contribution >= 0.6 is 0 Å². The van der Waals surface area contributed by atoms with Gasteiger partial charge in [0.15, 0.2) is 0 Å². The second-order valence-corrected chi connectivity index (χ2v) is 12.0. The number of ether oxygens (including phenoxy) is 1. The second-order valence-electron chi connectivity index (χ2n) is 10.1. The highest BCUT2D eigenvalue weighted by Gasteiger charge is 2.33. The van der Waals surface area contributed by atoms with Gasteiger partial charge in [0.05, 0.1) is 10.6 Å². The minimum atomic E-state index is -4.20. The first kappa shape index (κ1) is 32.2. The van der Waals surface area contributed by atoms with E-state index in [1.165, 1.54) is 41.3 Å². The van der Waals surface area contributed by atoms with Gasteiger partial charge >= 0.3 is 0 Å². The predicted octanol–water partition coefficient (Wildman–Crippen LogP) is 6.15. The highest BCUT2D eigenvalue weighted by molar-refractivity contribution is 7.92. The molecule has 230 valence electrons. The molecule has 0 radical (unpaired) electrons. The van der Waals surface area contributed by atoms with Crippen molar-refractivity contribution in [2.45, 2.75) is 44.2 Å². The number of sulfonamides is 1. The molecule has 8 nitrogen and oxygen atoms in total. The number of para-hydroxylation sites is 1. The van der Waals surface area contributed by atoms with Crippen molar-refractivity contribution >= 4 is 27.5 Å². The van der Waals surface area contributed by atoms with Gasteiger partial charge in [0.2, 0.25) is 11.8 Å². The molecular formula is C34H36FN3O5S. The molecular weight excluding hydrogens is 581 g/mol. The second kappa shape index (κ2) is 15.2. The molecule has 0 fully saturated rings. The van der Waals surface area contributed by atoms with Crippen molar-refractivity contribution in [1.82, 2.24) is 10.2 Å². The minimum Gasteiger partial charge on any atom is -0.457 e. The van der Waals surface area contributed by atoms with Crippen LogP contribution in [0.5, 0.6) is 11.5 Å². The van der Waals surface area contributed by atoms with Gasteiger partial charge in [0.1, 0.15) is 29.9 Å². The van der Waals surface area contributed by atoms with E-state index in [0.717, 1.165) is 4.31 Å². The van der Waals surface area contributed by atoms with Crippen LogP contribution in [-0.2, 0) is 26.2 Å². The van der Waals surface area contributed by atoms with E-state index >= 15 is 0 Å². The lowest BCUT2D eigenvalue weighted by Crippen LogP contribution is -2.52. The predicted molar refractivity (Wildman–Crippen MR) is 168 cm³/mol. The Bertz CT molecular complexity index is 1620. The third-order valence-corrected chi connectivity index (χ3v) is 8.70. The van der Waals surface area contributed by atoms with E-state index in [1.54, 1.807) is 61.5 Å². The molecule has 4 aromatic rings. The zero-order valence-electron chi connectivity index (χ0n) is 24.7. The van der Waals surface area contributed by atoms with Gasteiger partial charge in [0.25, 0.3) is 10.0 Å². The van der Waals surface area contributed by atoms with Crippen molar-refractivity contribution in [3.63, 3.8) is 0 Å². The molecule has 4 aromatic carbocycles. The molecule has 0 aliphatic carbocycles. The van der Waals surface area contributed by atoms with Gasteiger partial charge in [-0.1, -0.05) is 62.4 Å². The van der Waals surface area contributed by atoms with Crippen molar-refractivity contribution < 1.29 is 27.1 Å². The average molecular weight is 618 g/mol. The van der Waals surface area contributed by atoms with E-state index in [0.29, 0.717) is 36.4 Å². The van der Waals surface area contributed by atoms with E-state index in [2.05, 4.69) is 5.32 Å². The fraction of sp³-hybridized carbons (Fsp3) is 0.235. The van der Waals surface area contributed by atoms with E-state index in [-0.39, 0.29) is 23.0 Å². The molecule has 4 rings (SSSR count). The number of hydrogen-bond donors (Lipinski definition) is 1. The van der Waals surface area contributed by atoms with Crippen LogP contribution in [0.25, 0.3) is 0 Å². The molecule has 0 aliphatic heterocycles. The molecule has 0 aromatic heterocycles. The highest BCUT2D eigenvalue weighted by atomic mass is 32.2. The van der Waals surface area contributed by atoms with Crippen LogP contribution in [0.2, 0.25) is 0 Å². The van der Waals surface area contributed by atoms with Crippen molar-refractivity contribution in [2.24, 2.45) is 0 Å². The van der Waals surface area contributed by atoms with Crippen molar-refractivity contribution in [2.75, 3.05) is 17.4 Å². The number of nitrogens with zero attached hydrogens (tertiary/aromatic N) is 2. The van der Waals surface area contributed by atoms with Crippen LogP contribution in [0, 0.1) is 5.82 Å². The van der Waals surface area contributed by atoms with Crippen LogP contribution < -0.4 is 14.4 Å². The lowest BCUT2D eigenvalue weighted by Gasteiger charge is -2.33. The molecule has 10 heteroatoms. The van der Waals surface area contributed by atoms with Gasteiger partial charge in [-0.25, -0.2) is 12.8 Å². The van der Waals surface area contributed by atoms with Crippen LogP contribution in [0.15, 0.2) is 114 Å². The van der Waals surface area contributed by atoms with E-state index in [1.807, 2.05) is 25.1 Å². The first-order valence-corrected chi connectivity index (χ1v) is 15.9. The first-order valence-electron chi connectivity index (χ1n) is 14.4. The molecule has 1 N–H and O–H groups in total. The van der Waals surface area contributed by atoms with E-state index < -0.39 is 34.3 Å². The molecule has 44 heavy (non-hydrogen) atoms. The SMILES string of the molecule is CCCNC(=O)[C@@H](CC)N(Cc1ccc(F)cc1)C(=O)CN(c1ccc(Oc2ccccc2)cc1)S(=O)(=O)c1ccccc1. The molecule has 0 saturated carbocycles. The number of amides is 2. The number of anilines is 1. The van der Waals surface area contributed by atoms with Gasteiger partial charge in [-0.3, -0.25) is 13.9 Å². The molecule has 2 amide bonds. The van der Waals surface area contributed by atoms with E-state index in [9.17, 15) is 22.4 Å². The summed E-state index contributed by atoms with van der Waals surface area (Å²) in [5, 5.41) is 2.84. The quantitative estimate of drug-likeness (QED) is 0.183. The normalized spacial score (nSPS) is 11.8. The largest absolute Gasteiger partial charge is 0.457 e. The van der Waals surface area contributed by atoms with Gasteiger partial charge in [0, 0.05) is 13.1 Å². The molecule has 0 bridgehead atoms. The fourth-order valence-corrected chi connectivity index (χ4v) is 6.06. The fourth-order valence-electron chi connectivity index (χ4n) is 4.63. The Balaban J connectivity index is 1.70. The summed E-state index contributed by atoms with van der Waals surface area (Å²) in [4.78, 5) is 28.6. The van der Waals surface area contributed by atoms with Gasteiger partial charge in [-0.2, -0.15) is 0 Å². The van der Waals surface area contributed by atoms with Crippen LogP contribution in [0.4, 0.5) is 10.1 Å². The summed E-state index contributed by atoms with van der Waals surface area (Å²) in [5.41, 5.74) is 0.842. The Labute approximate surface area is 258 Å². The summed E-state index contributed by atoms with van der Waals surface area (Å²) in [7, 11) is -4.20. The maximum absolute atomic E-state index is 14.1. The molecule has 0 spiro atoms. The lowest BCUT2D eigenvalue weighted by atomic mass is 10.1. The van der Waals surface area contributed by atoms with Gasteiger partial charge in [-0.05, 0) is 79.1 Å². The Morgan fingerprint density at radius 1 is 0.818 bits per heavy atom. The molecule has 0 heterocycles. The summed E-state index contributed by atoms with van der Waals surface area (Å²) in [6.07, 6.45) is 1.00. The number of carbonyl (C=O) groups excluding carboxylic acids is 2. The van der Waals surface area contributed by atoms with E-state index in [4.69, 9.17) is 4.74 Å². The van der Waals surface area contributed by atoms with Crippen molar-refractivity contribution in [3.05, 3.63) is 121 Å². The molecule has 1 atom stereocenters. The maximum atomic E-state index is 14.1. The number of carbonyl (C=O) groups is 2. The van der Waals surface area contributed by atoms with Gasteiger partial charge in [-0.15, -0.1) is 0 Å². The maximum Gasteiger partial charge on any atom is 0.264 e. The zero-order valence-corrected chi connectivity index (χ0v) is 25.5. The summed E-state index contributed by atoms with van der Waals surface area (Å²) >= 11 is 0. The zero-order chi connectivity index (χ0) is 31.5. The molecule has 0 saturated heterocycles. The molecule has 0 aliphatic rings. The van der Waals surface area contributed by atoms with Crippen LogP contribution in [0.3, 0.4) is 0 Å². The first-order chi connectivity index (χ1) is 21.2. The molecule has 0 unspecified atom stereocenters. The number of benzene rings is 4. The van der Waals surface area contributed by atoms with Crippen molar-refractivity contribution in [1.29, 1.82) is 0 Å². The smallest absolute Gasteiger partial charge is 0.264 e. The lowest BCUT2D eigenvalue weighted by molar-refractivity contribution is -0.140. The van der Waals surface area contributed by atoms with Crippen LogP contribution in [-0.4, -0.2) is 44.3 Å². The number of hydrogen-bond acceptors (Lipinski definition) is 5. The summed E-state index contributed by atoms with van der Waals surface area (Å²) < 4.78 is 48.5. The average Bonchev–Trinajstić information content (AvgIpc) is 3.04. The Kier molecular flexibility index (Phi) is 11.1. The third-order valence-electron chi connectivity index (χ3n) is 6.92. The Morgan fingerprint density at radius 3 is 2.00 bits per heavy atom. The number of halogens is 1. The van der Waals surface area contributed by atoms with Crippen LogP contribution in [0.1, 0.15) is 32.3 Å². The number of nitrogens with one attached hydrogen (secondary N) is 1.